The standard InChI is InChI=1S/C27H29N5O6/c1-16-24-23(28-15-31(24)22-13-20(35)21(14-33)37-22)26(30-25(16)29-17(2)34)38-27(36)32(18-9-5-3-6-10-18)19-11-7-4-8-12-19/h3-12,15,20-22,26,30,33,35H,13-14H2,1-2H3,(H,29,34)/t20-,21+,22+,26?/m0/s1. The first-order valence-electron chi connectivity index (χ1n) is 12.2. The Morgan fingerprint density at radius 1 is 1.16 bits per heavy atom. The van der Waals surface area contributed by atoms with Crippen LogP contribution in [0.4, 0.5) is 16.2 Å². The predicted molar refractivity (Wildman–Crippen MR) is 138 cm³/mol. The largest absolute Gasteiger partial charge is 0.421 e. The number of fused-ring (bicyclic) bond motifs is 1. The molecule has 0 aliphatic carbocycles. The number of nitrogens with zero attached hydrogens (tertiary/aromatic N) is 3. The van der Waals surface area contributed by atoms with E-state index in [0.717, 1.165) is 0 Å². The summed E-state index contributed by atoms with van der Waals surface area (Å²) in [5.74, 6) is 0.0438. The second-order valence-electron chi connectivity index (χ2n) is 9.10. The van der Waals surface area contributed by atoms with Crippen LogP contribution in [0.1, 0.15) is 44.1 Å². The van der Waals surface area contributed by atoms with Crippen LogP contribution in [-0.2, 0) is 14.3 Å². The molecule has 1 saturated heterocycles. The molecule has 1 unspecified atom stereocenters. The van der Waals surface area contributed by atoms with Crippen molar-refractivity contribution in [3.8, 4) is 0 Å². The van der Waals surface area contributed by atoms with Crippen LogP contribution in [0.15, 0.2) is 72.8 Å². The molecule has 2 amide bonds. The van der Waals surface area contributed by atoms with Crippen molar-refractivity contribution in [1.82, 2.24) is 20.2 Å². The van der Waals surface area contributed by atoms with Gasteiger partial charge >= 0.3 is 6.09 Å². The normalized spacial score (nSPS) is 22.4. The molecular formula is C27H29N5O6. The van der Waals surface area contributed by atoms with Crippen molar-refractivity contribution < 1.29 is 29.3 Å². The molecule has 3 heterocycles. The van der Waals surface area contributed by atoms with Crippen molar-refractivity contribution in [3.05, 3.63) is 84.2 Å². The van der Waals surface area contributed by atoms with E-state index in [9.17, 15) is 19.8 Å². The fraction of sp³-hybridized carbons (Fsp3) is 0.296. The van der Waals surface area contributed by atoms with E-state index in [2.05, 4.69) is 15.6 Å². The Bertz CT molecular complexity index is 1300. The maximum atomic E-state index is 13.7. The maximum Gasteiger partial charge on any atom is 0.421 e. The van der Waals surface area contributed by atoms with Gasteiger partial charge in [-0.15, -0.1) is 0 Å². The second kappa shape index (κ2) is 10.7. The highest BCUT2D eigenvalue weighted by Crippen LogP contribution is 2.38. The van der Waals surface area contributed by atoms with Crippen LogP contribution in [0.2, 0.25) is 0 Å². The van der Waals surface area contributed by atoms with Crippen LogP contribution in [0.25, 0.3) is 5.57 Å². The number of carbonyl (C=O) groups excluding carboxylic acids is 2. The van der Waals surface area contributed by atoms with E-state index in [1.54, 1.807) is 35.8 Å². The molecular weight excluding hydrogens is 490 g/mol. The zero-order valence-corrected chi connectivity index (χ0v) is 20.9. The number of para-hydroxylation sites is 2. The Morgan fingerprint density at radius 3 is 2.34 bits per heavy atom. The van der Waals surface area contributed by atoms with Gasteiger partial charge < -0.3 is 34.9 Å². The predicted octanol–water partition coefficient (Wildman–Crippen LogP) is 2.93. The van der Waals surface area contributed by atoms with Crippen LogP contribution in [0, 0.1) is 0 Å². The van der Waals surface area contributed by atoms with E-state index in [1.165, 1.54) is 18.2 Å². The summed E-state index contributed by atoms with van der Waals surface area (Å²) in [6, 6.07) is 18.2. The zero-order chi connectivity index (χ0) is 26.8. The smallest absolute Gasteiger partial charge is 0.419 e. The number of hydrogen-bond acceptors (Lipinski definition) is 8. The molecule has 0 saturated carbocycles. The zero-order valence-electron chi connectivity index (χ0n) is 20.9. The molecule has 4 N–H and O–H groups in total. The van der Waals surface area contributed by atoms with Crippen molar-refractivity contribution in [2.45, 2.75) is 44.9 Å². The Balaban J connectivity index is 1.50. The second-order valence-corrected chi connectivity index (χ2v) is 9.10. The fourth-order valence-electron chi connectivity index (χ4n) is 4.71. The third-order valence-corrected chi connectivity index (χ3v) is 6.50. The van der Waals surface area contributed by atoms with Gasteiger partial charge in [0.15, 0.2) is 0 Å². The molecule has 0 spiro atoms. The van der Waals surface area contributed by atoms with Gasteiger partial charge in [0.25, 0.3) is 0 Å². The van der Waals surface area contributed by atoms with Crippen molar-refractivity contribution in [2.75, 3.05) is 11.5 Å². The molecule has 0 bridgehead atoms. The Kier molecular flexibility index (Phi) is 7.14. The van der Waals surface area contributed by atoms with Crippen molar-refractivity contribution in [1.29, 1.82) is 0 Å². The maximum absolute atomic E-state index is 13.7. The Morgan fingerprint density at radius 2 is 1.79 bits per heavy atom. The van der Waals surface area contributed by atoms with E-state index in [4.69, 9.17) is 9.47 Å². The molecule has 5 rings (SSSR count). The van der Waals surface area contributed by atoms with Gasteiger partial charge in [0.2, 0.25) is 12.1 Å². The van der Waals surface area contributed by atoms with Gasteiger partial charge in [-0.1, -0.05) is 36.4 Å². The van der Waals surface area contributed by atoms with E-state index < -0.39 is 30.8 Å². The van der Waals surface area contributed by atoms with Crippen LogP contribution in [0.5, 0.6) is 0 Å². The lowest BCUT2D eigenvalue weighted by Gasteiger charge is -2.31. The number of benzene rings is 2. The monoisotopic (exact) mass is 519 g/mol. The average molecular weight is 520 g/mol. The summed E-state index contributed by atoms with van der Waals surface area (Å²) in [6.45, 7) is 2.85. The minimum Gasteiger partial charge on any atom is -0.419 e. The fourth-order valence-corrected chi connectivity index (χ4v) is 4.71. The van der Waals surface area contributed by atoms with E-state index in [-0.39, 0.29) is 18.9 Å². The van der Waals surface area contributed by atoms with Gasteiger partial charge in [-0.2, -0.15) is 0 Å². The molecule has 198 valence electrons. The number of hydrogen-bond donors (Lipinski definition) is 4. The van der Waals surface area contributed by atoms with Gasteiger partial charge in [0, 0.05) is 18.9 Å². The SMILES string of the molecule is CC(=O)NC1=C(C)c2c(ncn2[C@H]2C[C@H](O)[C@@H](CO)O2)C(OC(=O)N(c2ccccc2)c2ccccc2)N1. The van der Waals surface area contributed by atoms with E-state index >= 15 is 0 Å². The lowest BCUT2D eigenvalue weighted by Crippen LogP contribution is -2.40. The minimum absolute atomic E-state index is 0.241. The number of rotatable bonds is 6. The molecule has 3 aromatic rings. The summed E-state index contributed by atoms with van der Waals surface area (Å²) in [5.41, 5.74) is 2.86. The number of allylic oxidation sites excluding steroid dienone is 1. The third-order valence-electron chi connectivity index (χ3n) is 6.50. The first-order chi connectivity index (χ1) is 18.4. The molecule has 2 aromatic carbocycles. The summed E-state index contributed by atoms with van der Waals surface area (Å²) < 4.78 is 13.5. The van der Waals surface area contributed by atoms with Crippen molar-refractivity contribution in [2.24, 2.45) is 0 Å². The number of aliphatic hydroxyl groups excluding tert-OH is 2. The van der Waals surface area contributed by atoms with Crippen LogP contribution < -0.4 is 15.5 Å². The van der Waals surface area contributed by atoms with E-state index in [0.29, 0.717) is 34.2 Å². The molecule has 2 aliphatic heterocycles. The van der Waals surface area contributed by atoms with Gasteiger partial charge in [-0.25, -0.2) is 14.7 Å². The van der Waals surface area contributed by atoms with Crippen molar-refractivity contribution >= 4 is 28.9 Å². The highest BCUT2D eigenvalue weighted by Gasteiger charge is 2.39. The quantitative estimate of drug-likeness (QED) is 0.390. The number of imidazole rings is 1. The highest BCUT2D eigenvalue weighted by molar-refractivity contribution is 5.96. The third kappa shape index (κ3) is 4.86. The van der Waals surface area contributed by atoms with Crippen molar-refractivity contribution in [3.63, 3.8) is 0 Å². The summed E-state index contributed by atoms with van der Waals surface area (Å²) in [4.78, 5) is 31.6. The summed E-state index contributed by atoms with van der Waals surface area (Å²) in [5, 5.41) is 25.6. The number of anilines is 2. The number of amides is 2. The number of aliphatic hydroxyl groups is 2. The van der Waals surface area contributed by atoms with Crippen LogP contribution in [0.3, 0.4) is 0 Å². The van der Waals surface area contributed by atoms with Crippen LogP contribution in [-0.4, -0.2) is 50.6 Å². The van der Waals surface area contributed by atoms with E-state index in [1.807, 2.05) is 36.4 Å². The molecule has 4 atom stereocenters. The molecule has 0 radical (unpaired) electrons. The lowest BCUT2D eigenvalue weighted by molar-refractivity contribution is -0.118. The number of nitrogens with one attached hydrogen (secondary N) is 2. The number of ether oxygens (including phenoxy) is 2. The molecule has 2 aliphatic rings. The van der Waals surface area contributed by atoms with Gasteiger partial charge in [-0.3, -0.25) is 4.79 Å². The lowest BCUT2D eigenvalue weighted by atomic mass is 10.1. The number of carbonyl (C=O) groups is 2. The first kappa shape index (κ1) is 25.5. The summed E-state index contributed by atoms with van der Waals surface area (Å²) in [6.07, 6.45) is -2.09. The summed E-state index contributed by atoms with van der Waals surface area (Å²) >= 11 is 0. The molecule has 11 nitrogen and oxygen atoms in total. The van der Waals surface area contributed by atoms with Crippen LogP contribution >= 0.6 is 0 Å². The molecule has 1 fully saturated rings. The molecule has 11 heteroatoms. The Labute approximate surface area is 219 Å². The topological polar surface area (TPSA) is 138 Å². The van der Waals surface area contributed by atoms with Gasteiger partial charge in [0.1, 0.15) is 23.8 Å². The highest BCUT2D eigenvalue weighted by atomic mass is 16.6. The average Bonchev–Trinajstić information content (AvgIpc) is 3.52. The summed E-state index contributed by atoms with van der Waals surface area (Å²) in [7, 11) is 0. The molecule has 38 heavy (non-hydrogen) atoms. The van der Waals surface area contributed by atoms with Gasteiger partial charge in [0.05, 0.1) is 36.1 Å². The first-order valence-corrected chi connectivity index (χ1v) is 12.2. The Hall–Kier alpha value is -4.19. The minimum atomic E-state index is -1.04. The molecule has 1 aromatic heterocycles. The number of aromatic nitrogens is 2. The van der Waals surface area contributed by atoms with Gasteiger partial charge in [-0.05, 0) is 31.2 Å².